The van der Waals surface area contributed by atoms with Gasteiger partial charge in [-0.25, -0.2) is 9.37 Å². The van der Waals surface area contributed by atoms with Gasteiger partial charge in [-0.15, -0.1) is 0 Å². The van der Waals surface area contributed by atoms with Gasteiger partial charge in [-0.2, -0.15) is 0 Å². The summed E-state index contributed by atoms with van der Waals surface area (Å²) < 4.78 is 28.6. The summed E-state index contributed by atoms with van der Waals surface area (Å²) in [5, 5.41) is 24.8. The van der Waals surface area contributed by atoms with E-state index in [2.05, 4.69) is 31.9 Å². The number of hydrogen-bond donors (Lipinski definition) is 7. The molecule has 7 N–H and O–H groups in total. The number of hydrogen-bond acceptors (Lipinski definition) is 15. The molecule has 25 heteroatoms. The van der Waals surface area contributed by atoms with E-state index in [1.165, 1.54) is 6.07 Å². The summed E-state index contributed by atoms with van der Waals surface area (Å²) >= 11 is 0. The number of aryl methyl sites for hydroxylation is 1. The van der Waals surface area contributed by atoms with Gasteiger partial charge in [0.2, 0.25) is 35.4 Å². The number of rotatable bonds is 24. The number of pyridine rings is 2. The molecule has 1 fully saturated rings. The number of amides is 8. The molecule has 0 spiro atoms. The third-order valence-corrected chi connectivity index (χ3v) is 16.0. The van der Waals surface area contributed by atoms with Crippen LogP contribution in [0.3, 0.4) is 0 Å². The van der Waals surface area contributed by atoms with Crippen LogP contribution in [0.25, 0.3) is 22.3 Å². The quantitative estimate of drug-likeness (QED) is 0.0192. The topological polar surface area (TPSA) is 323 Å². The maximum absolute atomic E-state index is 15.6. The Bertz CT molecular complexity index is 3380. The highest BCUT2D eigenvalue weighted by atomic mass is 19.1. The Morgan fingerprint density at radius 1 is 0.890 bits per heavy atom. The third kappa shape index (κ3) is 12.1. The van der Waals surface area contributed by atoms with E-state index in [0.29, 0.717) is 71.3 Å². The zero-order valence-electron chi connectivity index (χ0n) is 45.4. The second-order valence-electron chi connectivity index (χ2n) is 21.2. The number of aliphatic carboxylic acids is 1. The third-order valence-electron chi connectivity index (χ3n) is 16.0. The first-order chi connectivity index (χ1) is 39.3. The minimum absolute atomic E-state index is 0.00728. The minimum Gasteiger partial charge on any atom is -0.480 e. The van der Waals surface area contributed by atoms with Crippen LogP contribution in [0.5, 0.6) is 0 Å². The molecule has 0 radical (unpaired) electrons. The van der Waals surface area contributed by atoms with Crippen molar-refractivity contribution in [3.63, 3.8) is 0 Å². The molecule has 0 saturated heterocycles. The Hall–Kier alpha value is -8.71. The van der Waals surface area contributed by atoms with E-state index < -0.39 is 121 Å². The molecule has 2 aromatic carbocycles. The maximum Gasteiger partial charge on any atom is 0.317 e. The smallest absolute Gasteiger partial charge is 0.317 e. The Morgan fingerprint density at radius 3 is 2.28 bits per heavy atom. The van der Waals surface area contributed by atoms with Gasteiger partial charge in [-0.05, 0) is 72.9 Å². The van der Waals surface area contributed by atoms with E-state index in [-0.39, 0.29) is 50.9 Å². The molecule has 5 aliphatic rings. The van der Waals surface area contributed by atoms with Crippen molar-refractivity contribution in [1.82, 2.24) is 51.3 Å². The number of nitrogens with zero attached hydrogens (tertiary/aromatic N) is 4. The van der Waals surface area contributed by atoms with Gasteiger partial charge in [0.1, 0.15) is 25.2 Å². The highest BCUT2D eigenvalue weighted by molar-refractivity contribution is 6.13. The molecule has 3 aliphatic heterocycles. The molecule has 82 heavy (non-hydrogen) atoms. The summed E-state index contributed by atoms with van der Waals surface area (Å²) in [7, 11) is 1.74. The molecule has 5 heterocycles. The number of ether oxygens (including phenoxy) is 2. The lowest BCUT2D eigenvalue weighted by atomic mass is 9.68. The fraction of sp³-hybridized carbons (Fsp3) is 0.439. The molecular formula is C57H63FN10O14. The number of nitrogens with one attached hydrogen (secondary N) is 6. The van der Waals surface area contributed by atoms with Crippen molar-refractivity contribution in [2.24, 2.45) is 5.41 Å². The van der Waals surface area contributed by atoms with Gasteiger partial charge in [-0.3, -0.25) is 57.6 Å². The van der Waals surface area contributed by atoms with Gasteiger partial charge in [0.25, 0.3) is 17.4 Å². The van der Waals surface area contributed by atoms with Crippen LogP contribution >= 0.6 is 0 Å². The molecule has 4 aromatic rings. The van der Waals surface area contributed by atoms with Crippen molar-refractivity contribution < 1.29 is 66.9 Å². The van der Waals surface area contributed by atoms with Crippen molar-refractivity contribution in [2.45, 2.75) is 102 Å². The summed E-state index contributed by atoms with van der Waals surface area (Å²) in [5.41, 5.74) is 4.73. The number of carboxylic acid groups (broad SMARTS) is 1. The fourth-order valence-corrected chi connectivity index (χ4v) is 11.5. The number of carbonyl (C=O) groups is 10. The number of fused-ring (bicyclic) bond motifs is 5. The second-order valence-corrected chi connectivity index (χ2v) is 21.2. The van der Waals surface area contributed by atoms with Crippen molar-refractivity contribution in [2.75, 3.05) is 53.1 Å². The van der Waals surface area contributed by atoms with E-state index in [1.54, 1.807) is 53.8 Å². The van der Waals surface area contributed by atoms with Crippen LogP contribution in [0, 0.1) is 18.2 Å². The minimum atomic E-state index is -1.25. The lowest BCUT2D eigenvalue weighted by Gasteiger charge is -2.45. The molecule has 2 aromatic heterocycles. The van der Waals surface area contributed by atoms with Crippen LogP contribution in [-0.4, -0.2) is 149 Å². The SMILES string of the molecule is CC[C@H]1C(=O)OCc2c1cc1n(c2=O)Cc2c-1nc1cc(F)c(C)c3c1c2[C@@H](N(C)C(=O)C1(COCNC(=O)CNC(=O)[C@H](Cc2ccccc2)NC(=O)CNC(=O)CNC(=O)CC(CN2C(=O)C=CC2=O)NCC(=O)O)CCC1)CC3. The van der Waals surface area contributed by atoms with Gasteiger partial charge in [0.05, 0.1) is 79.2 Å². The Labute approximate surface area is 468 Å². The summed E-state index contributed by atoms with van der Waals surface area (Å²) in [6.07, 6.45) is 4.84. The van der Waals surface area contributed by atoms with Gasteiger partial charge in [-0.1, -0.05) is 43.7 Å². The van der Waals surface area contributed by atoms with Crippen LogP contribution in [0.1, 0.15) is 96.4 Å². The molecular weight excluding hydrogens is 1070 g/mol. The van der Waals surface area contributed by atoms with Crippen LogP contribution in [0.15, 0.2) is 59.4 Å². The Kier molecular flexibility index (Phi) is 17.4. The van der Waals surface area contributed by atoms with Crippen LogP contribution < -0.4 is 37.5 Å². The first-order valence-corrected chi connectivity index (χ1v) is 27.1. The van der Waals surface area contributed by atoms with Gasteiger partial charge < -0.3 is 55.9 Å². The Morgan fingerprint density at radius 2 is 1.59 bits per heavy atom. The second kappa shape index (κ2) is 24.6. The predicted octanol–water partition coefficient (Wildman–Crippen LogP) is 0.563. The summed E-state index contributed by atoms with van der Waals surface area (Å²) in [6.45, 7) is 0.672. The van der Waals surface area contributed by atoms with Gasteiger partial charge in [0.15, 0.2) is 0 Å². The van der Waals surface area contributed by atoms with Crippen molar-refractivity contribution >= 4 is 70.1 Å². The molecule has 432 valence electrons. The average Bonchev–Trinajstić information content (AvgIpc) is 1.71. The summed E-state index contributed by atoms with van der Waals surface area (Å²) in [4.78, 5) is 150. The molecule has 1 unspecified atom stereocenters. The van der Waals surface area contributed by atoms with E-state index in [1.807, 2.05) is 13.0 Å². The Balaban J connectivity index is 0.779. The van der Waals surface area contributed by atoms with E-state index in [0.717, 1.165) is 45.5 Å². The lowest BCUT2D eigenvalue weighted by Crippen LogP contribution is -2.52. The van der Waals surface area contributed by atoms with Crippen LogP contribution in [0.2, 0.25) is 0 Å². The number of carbonyl (C=O) groups excluding carboxylic acids is 9. The molecule has 1 saturated carbocycles. The average molecular weight is 1130 g/mol. The van der Waals surface area contributed by atoms with E-state index >= 15 is 4.39 Å². The number of esters is 1. The number of cyclic esters (lactones) is 1. The van der Waals surface area contributed by atoms with Gasteiger partial charge >= 0.3 is 11.9 Å². The van der Waals surface area contributed by atoms with Crippen LogP contribution in [0.4, 0.5) is 4.39 Å². The lowest BCUT2D eigenvalue weighted by molar-refractivity contribution is -0.155. The van der Waals surface area contributed by atoms with E-state index in [9.17, 15) is 52.7 Å². The van der Waals surface area contributed by atoms with Crippen molar-refractivity contribution in [3.8, 4) is 11.4 Å². The first kappa shape index (κ1) is 58.0. The zero-order valence-corrected chi connectivity index (χ0v) is 45.4. The summed E-state index contributed by atoms with van der Waals surface area (Å²) in [5.74, 6) is -7.75. The largest absolute Gasteiger partial charge is 0.480 e. The molecule has 24 nitrogen and oxygen atoms in total. The molecule has 8 amide bonds. The number of benzene rings is 2. The monoisotopic (exact) mass is 1130 g/mol. The van der Waals surface area contributed by atoms with Crippen molar-refractivity contribution in [1.29, 1.82) is 0 Å². The molecule has 0 bridgehead atoms. The molecule has 9 rings (SSSR count). The van der Waals surface area contributed by atoms with Crippen LogP contribution in [-0.2, 0) is 83.4 Å². The molecule has 2 aliphatic carbocycles. The predicted molar refractivity (Wildman–Crippen MR) is 288 cm³/mol. The number of carboxylic acids is 1. The maximum atomic E-state index is 15.6. The summed E-state index contributed by atoms with van der Waals surface area (Å²) in [6, 6.07) is 9.29. The highest BCUT2D eigenvalue weighted by Crippen LogP contribution is 2.50. The zero-order chi connectivity index (χ0) is 58.6. The standard InChI is InChI=1S/C57H63FN10O14/c1-4-33-35-19-42-52-36(26-67(42)54(78)37(35)27-82-55(33)79)51-41(12-11-34-30(2)38(58)20-39(65-52)50(34)51)66(3)56(80)57(15-8-16-57)28-81-29-63-45(71)22-62-53(77)40(17-31-9-6-5-7-10-31)64-46(72)23-61-44(70)21-60-43(69)18-32(59-24-49(75)76)25-68-47(73)13-14-48(68)74/h5-7,9-10,13-14,19-20,32-33,40-41,59H,4,8,11-12,15-18,21-29H2,1-3H3,(H,60,69)(H,61,70)(H,62,77)(H,63,71)(H,64,72)(H,75,76)/t32?,33-,40+,41+/m1/s1. The molecule has 4 atom stereocenters. The number of imide groups is 1. The van der Waals surface area contributed by atoms with E-state index in [4.69, 9.17) is 19.6 Å². The van der Waals surface area contributed by atoms with Crippen molar-refractivity contribution in [3.05, 3.63) is 110 Å². The highest BCUT2D eigenvalue weighted by Gasteiger charge is 2.48. The van der Waals surface area contributed by atoms with Gasteiger partial charge in [0, 0.05) is 61.6 Å². The number of aromatic nitrogens is 2. The fourth-order valence-electron chi connectivity index (χ4n) is 11.5. The first-order valence-electron chi connectivity index (χ1n) is 27.1. The normalized spacial score (nSPS) is 17.8. The number of halogens is 1.